The van der Waals surface area contributed by atoms with Crippen molar-refractivity contribution in [3.8, 4) is 0 Å². The van der Waals surface area contributed by atoms with Crippen LogP contribution in [0.15, 0.2) is 29.2 Å². The fourth-order valence-electron chi connectivity index (χ4n) is 0.851. The monoisotopic (exact) mass is 275 g/mol. The smallest absolute Gasteiger partial charge is 0.242 e. The van der Waals surface area contributed by atoms with E-state index in [9.17, 15) is 9.00 Å². The Hall–Kier alpha value is -0.680. The van der Waals surface area contributed by atoms with Crippen LogP contribution in [0.4, 0.5) is 0 Å². The molecule has 76 valence electrons. The Balaban J connectivity index is 2.70. The van der Waals surface area contributed by atoms with Gasteiger partial charge in [-0.25, -0.2) is 4.21 Å². The lowest BCUT2D eigenvalue weighted by Crippen LogP contribution is -2.26. The lowest BCUT2D eigenvalue weighted by atomic mass is 10.2. The predicted molar refractivity (Wildman–Crippen MR) is 59.5 cm³/mol. The van der Waals surface area contributed by atoms with Gasteiger partial charge in [0.05, 0.1) is 10.2 Å². The Morgan fingerprint density at radius 3 is 2.50 bits per heavy atom. The largest absolute Gasteiger partial charge is 0.273 e. The van der Waals surface area contributed by atoms with Crippen molar-refractivity contribution in [3.63, 3.8) is 0 Å². The van der Waals surface area contributed by atoms with Crippen molar-refractivity contribution in [2.45, 2.75) is 11.8 Å². The summed E-state index contributed by atoms with van der Waals surface area (Å²) < 4.78 is 13.8. The Morgan fingerprint density at radius 1 is 1.43 bits per heavy atom. The highest BCUT2D eigenvalue weighted by Crippen LogP contribution is 2.06. The molecule has 0 aliphatic heterocycles. The van der Waals surface area contributed by atoms with Crippen LogP contribution in [-0.4, -0.2) is 15.4 Å². The Morgan fingerprint density at radius 2 is 2.00 bits per heavy atom. The molecule has 14 heavy (non-hydrogen) atoms. The summed E-state index contributed by atoms with van der Waals surface area (Å²) in [5.74, 6) is -0.288. The molecule has 3 nitrogen and oxygen atoms in total. The molecule has 0 aliphatic carbocycles. The number of carbonyl (C=O) groups is 1. The molecule has 1 aromatic carbocycles. The molecule has 1 atom stereocenters. The molecule has 0 saturated carbocycles. The van der Waals surface area contributed by atoms with Gasteiger partial charge in [-0.2, -0.15) is 0 Å². The van der Waals surface area contributed by atoms with Gasteiger partial charge in [-0.1, -0.05) is 33.6 Å². The minimum atomic E-state index is -1.45. The molecule has 1 rings (SSSR count). The zero-order valence-electron chi connectivity index (χ0n) is 7.62. The maximum Gasteiger partial charge on any atom is 0.242 e. The first-order valence-electron chi connectivity index (χ1n) is 3.97. The number of halogens is 1. The Labute approximate surface area is 93.6 Å². The Bertz CT molecular complexity index is 350. The summed E-state index contributed by atoms with van der Waals surface area (Å²) in [6.07, 6.45) is 0. The van der Waals surface area contributed by atoms with Gasteiger partial charge >= 0.3 is 0 Å². The average Bonchev–Trinajstić information content (AvgIpc) is 2.18. The average molecular weight is 276 g/mol. The number of benzene rings is 1. The fourth-order valence-corrected chi connectivity index (χ4v) is 1.96. The fraction of sp³-hybridized carbons (Fsp3) is 0.222. The summed E-state index contributed by atoms with van der Waals surface area (Å²) in [5.41, 5.74) is 1.09. The van der Waals surface area contributed by atoms with Crippen molar-refractivity contribution < 1.29 is 9.00 Å². The molecule has 0 radical (unpaired) electrons. The van der Waals surface area contributed by atoms with Crippen molar-refractivity contribution in [1.82, 2.24) is 4.72 Å². The molecule has 0 fully saturated rings. The lowest BCUT2D eigenvalue weighted by Gasteiger charge is -2.02. The van der Waals surface area contributed by atoms with Gasteiger partial charge in [0.2, 0.25) is 5.91 Å². The van der Waals surface area contributed by atoms with Gasteiger partial charge in [0.1, 0.15) is 0 Å². The molecule has 1 amide bonds. The number of rotatable bonds is 3. The maximum absolute atomic E-state index is 11.5. The van der Waals surface area contributed by atoms with E-state index in [4.69, 9.17) is 0 Å². The standard InChI is InChI=1S/C9H10BrNO2S/c1-7-2-4-8(5-3-7)14(13)11-9(12)6-10/h2-5H,6H2,1H3,(H,11,12)/t14-/m0/s1. The normalized spacial score (nSPS) is 12.1. The molecule has 0 heterocycles. The van der Waals surface area contributed by atoms with E-state index < -0.39 is 11.0 Å². The molecular weight excluding hydrogens is 266 g/mol. The first kappa shape index (κ1) is 11.4. The van der Waals surface area contributed by atoms with Crippen molar-refractivity contribution in [2.24, 2.45) is 0 Å². The summed E-state index contributed by atoms with van der Waals surface area (Å²) in [5, 5.41) is 0.157. The van der Waals surface area contributed by atoms with Gasteiger partial charge in [-0.3, -0.25) is 9.52 Å². The third-order valence-electron chi connectivity index (χ3n) is 1.56. The molecule has 1 N–H and O–H groups in total. The van der Waals surface area contributed by atoms with Crippen LogP contribution in [0.1, 0.15) is 5.56 Å². The molecule has 5 heteroatoms. The summed E-state index contributed by atoms with van der Waals surface area (Å²) >= 11 is 2.98. The number of hydrogen-bond acceptors (Lipinski definition) is 2. The summed E-state index contributed by atoms with van der Waals surface area (Å²) in [6, 6.07) is 7.18. The molecule has 0 unspecified atom stereocenters. The van der Waals surface area contributed by atoms with Crippen molar-refractivity contribution in [3.05, 3.63) is 29.8 Å². The van der Waals surface area contributed by atoms with E-state index >= 15 is 0 Å². The number of carbonyl (C=O) groups excluding carboxylic acids is 1. The van der Waals surface area contributed by atoms with Crippen LogP contribution < -0.4 is 4.72 Å². The van der Waals surface area contributed by atoms with Crippen molar-refractivity contribution in [2.75, 3.05) is 5.33 Å². The highest BCUT2D eigenvalue weighted by Gasteiger charge is 2.06. The number of hydrogen-bond donors (Lipinski definition) is 1. The lowest BCUT2D eigenvalue weighted by molar-refractivity contribution is -0.116. The van der Waals surface area contributed by atoms with Crippen LogP contribution >= 0.6 is 15.9 Å². The SMILES string of the molecule is Cc1ccc([S@](=O)NC(=O)CBr)cc1. The second kappa shape index (κ2) is 5.26. The molecular formula is C9H10BrNO2S. The van der Waals surface area contributed by atoms with Crippen LogP contribution in [-0.2, 0) is 15.8 Å². The zero-order chi connectivity index (χ0) is 10.6. The second-order valence-electron chi connectivity index (χ2n) is 2.74. The van der Waals surface area contributed by atoms with Crippen LogP contribution in [0, 0.1) is 6.92 Å². The van der Waals surface area contributed by atoms with Crippen LogP contribution in [0.2, 0.25) is 0 Å². The highest BCUT2D eigenvalue weighted by atomic mass is 79.9. The minimum absolute atomic E-state index is 0.157. The van der Waals surface area contributed by atoms with E-state index in [-0.39, 0.29) is 11.2 Å². The maximum atomic E-state index is 11.5. The van der Waals surface area contributed by atoms with E-state index in [2.05, 4.69) is 20.7 Å². The van der Waals surface area contributed by atoms with E-state index in [0.29, 0.717) is 4.90 Å². The van der Waals surface area contributed by atoms with Gasteiger partial charge < -0.3 is 0 Å². The quantitative estimate of drug-likeness (QED) is 0.851. The predicted octanol–water partition coefficient (Wildman–Crippen LogP) is 1.53. The number of nitrogens with one attached hydrogen (secondary N) is 1. The number of alkyl halides is 1. The molecule has 0 saturated heterocycles. The van der Waals surface area contributed by atoms with Crippen LogP contribution in [0.5, 0.6) is 0 Å². The van der Waals surface area contributed by atoms with Gasteiger partial charge in [0.15, 0.2) is 11.0 Å². The van der Waals surface area contributed by atoms with Gasteiger partial charge in [-0.05, 0) is 19.1 Å². The van der Waals surface area contributed by atoms with Gasteiger partial charge in [0.25, 0.3) is 0 Å². The zero-order valence-corrected chi connectivity index (χ0v) is 10.0. The van der Waals surface area contributed by atoms with E-state index in [1.54, 1.807) is 12.1 Å². The molecule has 0 aliphatic rings. The number of amides is 1. The topological polar surface area (TPSA) is 46.2 Å². The number of aryl methyl sites for hydroxylation is 1. The molecule has 0 aromatic heterocycles. The molecule has 0 bridgehead atoms. The summed E-state index contributed by atoms with van der Waals surface area (Å²) in [6.45, 7) is 1.95. The van der Waals surface area contributed by atoms with Crippen molar-refractivity contribution in [1.29, 1.82) is 0 Å². The van der Waals surface area contributed by atoms with Gasteiger partial charge in [0, 0.05) is 0 Å². The minimum Gasteiger partial charge on any atom is -0.273 e. The van der Waals surface area contributed by atoms with Crippen LogP contribution in [0.3, 0.4) is 0 Å². The van der Waals surface area contributed by atoms with Crippen molar-refractivity contribution >= 4 is 32.8 Å². The summed E-state index contributed by atoms with van der Waals surface area (Å²) in [7, 11) is -1.45. The first-order valence-corrected chi connectivity index (χ1v) is 6.24. The first-order chi connectivity index (χ1) is 6.63. The van der Waals surface area contributed by atoms with Crippen LogP contribution in [0.25, 0.3) is 0 Å². The third kappa shape index (κ3) is 3.23. The summed E-state index contributed by atoms with van der Waals surface area (Å²) in [4.78, 5) is 11.5. The molecule has 1 aromatic rings. The van der Waals surface area contributed by atoms with E-state index in [0.717, 1.165) is 5.56 Å². The van der Waals surface area contributed by atoms with Gasteiger partial charge in [-0.15, -0.1) is 0 Å². The van der Waals surface area contributed by atoms with E-state index in [1.165, 1.54) is 0 Å². The highest BCUT2D eigenvalue weighted by molar-refractivity contribution is 9.09. The van der Waals surface area contributed by atoms with E-state index in [1.807, 2.05) is 19.1 Å². The third-order valence-corrected chi connectivity index (χ3v) is 3.19. The second-order valence-corrected chi connectivity index (χ2v) is 4.51. The Kier molecular flexibility index (Phi) is 4.28. The molecule has 0 spiro atoms.